The number of hydrogen-bond donors (Lipinski definition) is 1. The Morgan fingerprint density at radius 2 is 1.67 bits per heavy atom. The molecule has 0 saturated carbocycles. The Labute approximate surface area is 174 Å². The first-order valence-electron chi connectivity index (χ1n) is 9.65. The highest BCUT2D eigenvalue weighted by Gasteiger charge is 2.11. The normalized spacial score (nSPS) is 10.9. The van der Waals surface area contributed by atoms with Crippen molar-refractivity contribution < 1.29 is 18.7 Å². The second-order valence-corrected chi connectivity index (χ2v) is 7.08. The average Bonchev–Trinajstić information content (AvgIpc) is 3.17. The number of aromatic nitrogens is 1. The summed E-state index contributed by atoms with van der Waals surface area (Å²) in [6.07, 6.45) is 0.0849. The number of nitrogens with zero attached hydrogens (tertiary/aromatic N) is 1. The number of rotatable bonds is 6. The maximum atomic E-state index is 12.6. The summed E-state index contributed by atoms with van der Waals surface area (Å²) in [5.41, 5.74) is 3.35. The molecule has 0 aliphatic heterocycles. The molecule has 6 heteroatoms. The maximum Gasteiger partial charge on any atom is 0.255 e. The summed E-state index contributed by atoms with van der Waals surface area (Å²) in [5.74, 6) is 1.81. The molecule has 0 unspecified atom stereocenters. The lowest BCUT2D eigenvalue weighted by molar-refractivity contribution is 0.102. The topological polar surface area (TPSA) is 73.6 Å². The third kappa shape index (κ3) is 4.27. The van der Waals surface area contributed by atoms with Crippen molar-refractivity contribution in [2.24, 2.45) is 0 Å². The van der Waals surface area contributed by atoms with Gasteiger partial charge in [-0.05, 0) is 80.6 Å². The second-order valence-electron chi connectivity index (χ2n) is 7.08. The van der Waals surface area contributed by atoms with Crippen LogP contribution in [0.25, 0.3) is 22.6 Å². The zero-order chi connectivity index (χ0) is 21.1. The molecule has 1 heterocycles. The number of benzene rings is 3. The van der Waals surface area contributed by atoms with Crippen LogP contribution in [-0.2, 0) is 0 Å². The van der Waals surface area contributed by atoms with Gasteiger partial charge < -0.3 is 19.2 Å². The molecule has 1 N–H and O–H groups in total. The molecule has 4 rings (SSSR count). The van der Waals surface area contributed by atoms with E-state index >= 15 is 0 Å². The van der Waals surface area contributed by atoms with Crippen LogP contribution in [-0.4, -0.2) is 24.1 Å². The van der Waals surface area contributed by atoms with E-state index < -0.39 is 0 Å². The van der Waals surface area contributed by atoms with E-state index in [1.165, 1.54) is 0 Å². The number of fused-ring (bicyclic) bond motifs is 1. The van der Waals surface area contributed by atoms with E-state index in [1.54, 1.807) is 49.6 Å². The van der Waals surface area contributed by atoms with Gasteiger partial charge in [0.1, 0.15) is 17.0 Å². The number of amides is 1. The number of anilines is 1. The molecule has 6 nitrogen and oxygen atoms in total. The van der Waals surface area contributed by atoms with Crippen molar-refractivity contribution >= 4 is 22.7 Å². The number of nitrogens with one attached hydrogen (secondary N) is 1. The molecule has 0 aliphatic carbocycles. The van der Waals surface area contributed by atoms with Crippen molar-refractivity contribution in [3.63, 3.8) is 0 Å². The van der Waals surface area contributed by atoms with Crippen molar-refractivity contribution in [2.75, 3.05) is 12.4 Å². The van der Waals surface area contributed by atoms with Crippen molar-refractivity contribution in [2.45, 2.75) is 20.0 Å². The Morgan fingerprint density at radius 1 is 0.967 bits per heavy atom. The first-order chi connectivity index (χ1) is 14.5. The fourth-order valence-corrected chi connectivity index (χ4v) is 3.02. The molecule has 0 atom stereocenters. The van der Waals surface area contributed by atoms with Gasteiger partial charge in [-0.15, -0.1) is 0 Å². The van der Waals surface area contributed by atoms with Crippen molar-refractivity contribution in [1.29, 1.82) is 0 Å². The number of hydrogen-bond acceptors (Lipinski definition) is 5. The summed E-state index contributed by atoms with van der Waals surface area (Å²) in [7, 11) is 1.62. The van der Waals surface area contributed by atoms with Crippen LogP contribution in [0.15, 0.2) is 71.1 Å². The highest BCUT2D eigenvalue weighted by molar-refractivity contribution is 6.05. The molecular weight excluding hydrogens is 380 g/mol. The summed E-state index contributed by atoms with van der Waals surface area (Å²) < 4.78 is 16.6. The lowest BCUT2D eigenvalue weighted by Crippen LogP contribution is -2.12. The van der Waals surface area contributed by atoms with Crippen molar-refractivity contribution in [3.05, 3.63) is 72.3 Å². The van der Waals surface area contributed by atoms with Crippen LogP contribution in [0.1, 0.15) is 24.2 Å². The van der Waals surface area contributed by atoms with Gasteiger partial charge in [0.05, 0.1) is 13.2 Å². The quantitative estimate of drug-likeness (QED) is 0.458. The number of methoxy groups -OCH3 is 1. The molecule has 0 spiro atoms. The highest BCUT2D eigenvalue weighted by atomic mass is 16.5. The van der Waals surface area contributed by atoms with E-state index in [0.29, 0.717) is 28.2 Å². The third-order valence-corrected chi connectivity index (χ3v) is 4.47. The Balaban J connectivity index is 1.51. The second kappa shape index (κ2) is 8.29. The Bertz CT molecular complexity index is 1160. The predicted molar refractivity (Wildman–Crippen MR) is 116 cm³/mol. The highest BCUT2D eigenvalue weighted by Crippen LogP contribution is 2.27. The van der Waals surface area contributed by atoms with Gasteiger partial charge in [0.15, 0.2) is 5.58 Å². The van der Waals surface area contributed by atoms with E-state index in [1.807, 2.05) is 38.1 Å². The average molecular weight is 402 g/mol. The fourth-order valence-electron chi connectivity index (χ4n) is 3.02. The molecule has 0 bridgehead atoms. The molecule has 152 valence electrons. The Hall–Kier alpha value is -3.80. The van der Waals surface area contributed by atoms with E-state index in [4.69, 9.17) is 13.9 Å². The number of carbonyl (C=O) groups excluding carboxylic acids is 1. The third-order valence-electron chi connectivity index (χ3n) is 4.47. The number of ether oxygens (including phenoxy) is 2. The van der Waals surface area contributed by atoms with Gasteiger partial charge in [0, 0.05) is 16.8 Å². The Kier molecular flexibility index (Phi) is 5.39. The SMILES string of the molecule is COc1ccc(-c2nc3cc(NC(=O)c4ccc(OC(C)C)cc4)ccc3o2)cc1. The standard InChI is InChI=1S/C24H22N2O4/c1-15(2)29-20-11-4-16(5-12-20)23(27)25-18-8-13-22-21(14-18)26-24(30-22)17-6-9-19(28-3)10-7-17/h4-15H,1-3H3,(H,25,27). The first-order valence-corrected chi connectivity index (χ1v) is 9.65. The Morgan fingerprint density at radius 3 is 2.33 bits per heavy atom. The van der Waals surface area contributed by atoms with E-state index in [2.05, 4.69) is 10.3 Å². The van der Waals surface area contributed by atoms with Gasteiger partial charge in [0.2, 0.25) is 5.89 Å². The molecule has 0 fully saturated rings. The van der Waals surface area contributed by atoms with Crippen LogP contribution in [0.2, 0.25) is 0 Å². The molecule has 0 saturated heterocycles. The minimum absolute atomic E-state index is 0.0849. The fraction of sp³-hybridized carbons (Fsp3) is 0.167. The number of carbonyl (C=O) groups is 1. The predicted octanol–water partition coefficient (Wildman–Crippen LogP) is 5.54. The van der Waals surface area contributed by atoms with Gasteiger partial charge in [-0.25, -0.2) is 4.98 Å². The van der Waals surface area contributed by atoms with Crippen LogP contribution in [0.3, 0.4) is 0 Å². The smallest absolute Gasteiger partial charge is 0.255 e. The largest absolute Gasteiger partial charge is 0.497 e. The summed E-state index contributed by atoms with van der Waals surface area (Å²) in [5, 5.41) is 2.90. The number of oxazole rings is 1. The summed E-state index contributed by atoms with van der Waals surface area (Å²) in [6.45, 7) is 3.92. The van der Waals surface area contributed by atoms with E-state index in [0.717, 1.165) is 17.1 Å². The van der Waals surface area contributed by atoms with Crippen molar-refractivity contribution in [3.8, 4) is 23.0 Å². The van der Waals surface area contributed by atoms with Crippen LogP contribution in [0, 0.1) is 0 Å². The monoisotopic (exact) mass is 402 g/mol. The van der Waals surface area contributed by atoms with Gasteiger partial charge >= 0.3 is 0 Å². The van der Waals surface area contributed by atoms with Crippen LogP contribution < -0.4 is 14.8 Å². The zero-order valence-electron chi connectivity index (χ0n) is 17.0. The van der Waals surface area contributed by atoms with Gasteiger partial charge in [-0.2, -0.15) is 0 Å². The van der Waals surface area contributed by atoms with Gasteiger partial charge in [-0.3, -0.25) is 4.79 Å². The molecule has 3 aromatic carbocycles. The van der Waals surface area contributed by atoms with Crippen molar-refractivity contribution in [1.82, 2.24) is 4.98 Å². The first kappa shape index (κ1) is 19.5. The van der Waals surface area contributed by atoms with Crippen LogP contribution >= 0.6 is 0 Å². The molecule has 30 heavy (non-hydrogen) atoms. The van der Waals surface area contributed by atoms with E-state index in [9.17, 15) is 4.79 Å². The molecule has 0 radical (unpaired) electrons. The lowest BCUT2D eigenvalue weighted by Gasteiger charge is -2.10. The molecule has 0 aliphatic rings. The molecule has 4 aromatic rings. The van der Waals surface area contributed by atoms with Gasteiger partial charge in [-0.1, -0.05) is 0 Å². The minimum atomic E-state index is -0.204. The summed E-state index contributed by atoms with van der Waals surface area (Å²) >= 11 is 0. The van der Waals surface area contributed by atoms with E-state index in [-0.39, 0.29) is 12.0 Å². The van der Waals surface area contributed by atoms with Gasteiger partial charge in [0.25, 0.3) is 5.91 Å². The van der Waals surface area contributed by atoms with Crippen LogP contribution in [0.5, 0.6) is 11.5 Å². The lowest BCUT2D eigenvalue weighted by atomic mass is 10.2. The summed E-state index contributed by atoms with van der Waals surface area (Å²) in [6, 6.07) is 19.9. The zero-order valence-corrected chi connectivity index (χ0v) is 17.0. The summed E-state index contributed by atoms with van der Waals surface area (Å²) in [4.78, 5) is 17.1. The molecule has 1 amide bonds. The maximum absolute atomic E-state index is 12.6. The minimum Gasteiger partial charge on any atom is -0.497 e. The van der Waals surface area contributed by atoms with Crippen LogP contribution in [0.4, 0.5) is 5.69 Å². The molecular formula is C24H22N2O4. The molecule has 1 aromatic heterocycles.